The standard InChI is InChI=1S/C19H15BrF3NO2/c1-2-24(11-12-3-5-13(20)6-4-12)14-7-8-15-16(19(21,22)23)10-18(25)26-17(15)9-14/h3-10H,2,11H2,1H3. The summed E-state index contributed by atoms with van der Waals surface area (Å²) in [5, 5.41) is -0.124. The largest absolute Gasteiger partial charge is 0.423 e. The van der Waals surface area contributed by atoms with E-state index in [-0.39, 0.29) is 11.0 Å². The Balaban J connectivity index is 2.01. The van der Waals surface area contributed by atoms with Crippen molar-refractivity contribution in [2.75, 3.05) is 11.4 Å². The molecule has 0 radical (unpaired) electrons. The molecule has 1 aromatic heterocycles. The van der Waals surface area contributed by atoms with Gasteiger partial charge in [0.25, 0.3) is 0 Å². The van der Waals surface area contributed by atoms with Crippen molar-refractivity contribution in [3.63, 3.8) is 0 Å². The molecule has 3 rings (SSSR count). The predicted octanol–water partition coefficient (Wildman–Crippen LogP) is 5.60. The first kappa shape index (κ1) is 18.5. The fraction of sp³-hybridized carbons (Fsp3) is 0.211. The summed E-state index contributed by atoms with van der Waals surface area (Å²) in [6.45, 7) is 3.18. The first-order valence-corrected chi connectivity index (χ1v) is 8.71. The summed E-state index contributed by atoms with van der Waals surface area (Å²) >= 11 is 3.38. The van der Waals surface area contributed by atoms with Crippen LogP contribution >= 0.6 is 15.9 Å². The minimum absolute atomic E-state index is 0.0726. The van der Waals surface area contributed by atoms with E-state index in [1.54, 1.807) is 6.07 Å². The van der Waals surface area contributed by atoms with E-state index in [2.05, 4.69) is 15.9 Å². The molecule has 1 heterocycles. The normalized spacial score (nSPS) is 11.7. The predicted molar refractivity (Wildman–Crippen MR) is 98.4 cm³/mol. The van der Waals surface area contributed by atoms with Gasteiger partial charge in [0.05, 0.1) is 5.56 Å². The first-order chi connectivity index (χ1) is 12.3. The van der Waals surface area contributed by atoms with Crippen LogP contribution in [0.3, 0.4) is 0 Å². The Morgan fingerprint density at radius 1 is 1.08 bits per heavy atom. The Morgan fingerprint density at radius 2 is 1.77 bits per heavy atom. The average molecular weight is 426 g/mol. The molecule has 0 aliphatic rings. The maximum absolute atomic E-state index is 13.1. The zero-order chi connectivity index (χ0) is 18.9. The van der Waals surface area contributed by atoms with E-state index < -0.39 is 17.4 Å². The molecule has 3 aromatic rings. The number of hydrogen-bond acceptors (Lipinski definition) is 3. The summed E-state index contributed by atoms with van der Waals surface area (Å²) < 4.78 is 45.4. The summed E-state index contributed by atoms with van der Waals surface area (Å²) in [4.78, 5) is 13.5. The molecule has 3 nitrogen and oxygen atoms in total. The van der Waals surface area contributed by atoms with Crippen molar-refractivity contribution in [2.45, 2.75) is 19.6 Å². The third-order valence-electron chi connectivity index (χ3n) is 4.07. The molecule has 0 fully saturated rings. The second-order valence-electron chi connectivity index (χ2n) is 5.80. The van der Waals surface area contributed by atoms with Gasteiger partial charge in [-0.25, -0.2) is 4.79 Å². The van der Waals surface area contributed by atoms with Gasteiger partial charge in [-0.15, -0.1) is 0 Å². The molecular weight excluding hydrogens is 411 g/mol. The second kappa shape index (κ2) is 7.15. The Kier molecular flexibility index (Phi) is 5.09. The van der Waals surface area contributed by atoms with Crippen molar-refractivity contribution < 1.29 is 17.6 Å². The molecule has 0 bridgehead atoms. The molecule has 0 saturated heterocycles. The average Bonchev–Trinajstić information content (AvgIpc) is 2.59. The van der Waals surface area contributed by atoms with Gasteiger partial charge in [0.1, 0.15) is 5.58 Å². The van der Waals surface area contributed by atoms with E-state index in [1.165, 1.54) is 12.1 Å². The van der Waals surface area contributed by atoms with Crippen LogP contribution in [0.4, 0.5) is 18.9 Å². The molecule has 0 amide bonds. The van der Waals surface area contributed by atoms with Crippen molar-refractivity contribution in [1.29, 1.82) is 0 Å². The molecule has 136 valence electrons. The molecule has 0 aliphatic carbocycles. The minimum atomic E-state index is -4.61. The van der Waals surface area contributed by atoms with Gasteiger partial charge in [0.2, 0.25) is 0 Å². The third-order valence-corrected chi connectivity index (χ3v) is 4.60. The zero-order valence-electron chi connectivity index (χ0n) is 13.8. The molecule has 0 N–H and O–H groups in total. The molecule has 0 spiro atoms. The molecule has 26 heavy (non-hydrogen) atoms. The molecule has 0 unspecified atom stereocenters. The monoisotopic (exact) mass is 425 g/mol. The summed E-state index contributed by atoms with van der Waals surface area (Å²) in [6, 6.07) is 12.7. The number of hydrogen-bond donors (Lipinski definition) is 0. The van der Waals surface area contributed by atoms with Gasteiger partial charge < -0.3 is 9.32 Å². The van der Waals surface area contributed by atoms with Gasteiger partial charge in [-0.1, -0.05) is 28.1 Å². The van der Waals surface area contributed by atoms with Crippen molar-refractivity contribution in [1.82, 2.24) is 0 Å². The van der Waals surface area contributed by atoms with E-state index in [0.29, 0.717) is 24.8 Å². The van der Waals surface area contributed by atoms with E-state index in [0.717, 1.165) is 10.0 Å². The maximum Gasteiger partial charge on any atom is 0.417 e. The van der Waals surface area contributed by atoms with E-state index >= 15 is 0 Å². The van der Waals surface area contributed by atoms with Crippen molar-refractivity contribution in [3.05, 3.63) is 74.6 Å². The Morgan fingerprint density at radius 3 is 2.38 bits per heavy atom. The number of nitrogens with zero attached hydrogens (tertiary/aromatic N) is 1. The number of benzene rings is 2. The van der Waals surface area contributed by atoms with Gasteiger partial charge in [0, 0.05) is 40.8 Å². The molecule has 0 aliphatic heterocycles. The van der Waals surface area contributed by atoms with Gasteiger partial charge in [-0.05, 0) is 36.8 Å². The van der Waals surface area contributed by atoms with Crippen LogP contribution in [-0.2, 0) is 12.7 Å². The zero-order valence-corrected chi connectivity index (χ0v) is 15.4. The highest BCUT2D eigenvalue weighted by atomic mass is 79.9. The lowest BCUT2D eigenvalue weighted by molar-refractivity contribution is -0.136. The highest BCUT2D eigenvalue weighted by molar-refractivity contribution is 9.10. The van der Waals surface area contributed by atoms with Gasteiger partial charge in [-0.3, -0.25) is 0 Å². The van der Waals surface area contributed by atoms with E-state index in [9.17, 15) is 18.0 Å². The van der Waals surface area contributed by atoms with Crippen molar-refractivity contribution >= 4 is 32.6 Å². The van der Waals surface area contributed by atoms with Crippen LogP contribution in [-0.4, -0.2) is 6.54 Å². The van der Waals surface area contributed by atoms with Crippen LogP contribution in [0.5, 0.6) is 0 Å². The lowest BCUT2D eigenvalue weighted by Crippen LogP contribution is -2.22. The molecule has 2 aromatic carbocycles. The highest BCUT2D eigenvalue weighted by Gasteiger charge is 2.33. The molecule has 0 atom stereocenters. The number of fused-ring (bicyclic) bond motifs is 1. The number of alkyl halides is 3. The van der Waals surface area contributed by atoms with Gasteiger partial charge in [-0.2, -0.15) is 13.2 Å². The Bertz CT molecular complexity index is 981. The third kappa shape index (κ3) is 3.93. The van der Waals surface area contributed by atoms with Crippen molar-refractivity contribution in [3.8, 4) is 0 Å². The topological polar surface area (TPSA) is 33.5 Å². The van der Waals surface area contributed by atoms with Crippen LogP contribution < -0.4 is 10.5 Å². The van der Waals surface area contributed by atoms with Crippen LogP contribution in [0.25, 0.3) is 11.0 Å². The SMILES string of the molecule is CCN(Cc1ccc(Br)cc1)c1ccc2c(C(F)(F)F)cc(=O)oc2c1. The lowest BCUT2D eigenvalue weighted by atomic mass is 10.1. The first-order valence-electron chi connectivity index (χ1n) is 7.92. The summed E-state index contributed by atoms with van der Waals surface area (Å²) in [7, 11) is 0. The minimum Gasteiger partial charge on any atom is -0.423 e. The molecule has 7 heteroatoms. The van der Waals surface area contributed by atoms with Crippen LogP contribution in [0.1, 0.15) is 18.1 Å². The molecular formula is C19H15BrF3NO2. The highest BCUT2D eigenvalue weighted by Crippen LogP contribution is 2.35. The summed E-state index contributed by atoms with van der Waals surface area (Å²) in [5.41, 5.74) is -0.327. The number of halogens is 4. The smallest absolute Gasteiger partial charge is 0.417 e. The Hall–Kier alpha value is -2.28. The van der Waals surface area contributed by atoms with E-state index in [1.807, 2.05) is 36.1 Å². The quantitative estimate of drug-likeness (QED) is 0.510. The fourth-order valence-electron chi connectivity index (χ4n) is 2.78. The lowest BCUT2D eigenvalue weighted by Gasteiger charge is -2.23. The second-order valence-corrected chi connectivity index (χ2v) is 6.71. The van der Waals surface area contributed by atoms with Crippen molar-refractivity contribution in [2.24, 2.45) is 0 Å². The number of anilines is 1. The van der Waals surface area contributed by atoms with Gasteiger partial charge in [0.15, 0.2) is 0 Å². The number of rotatable bonds is 4. The fourth-order valence-corrected chi connectivity index (χ4v) is 3.04. The Labute approximate surface area is 156 Å². The summed E-state index contributed by atoms with van der Waals surface area (Å²) in [6.07, 6.45) is -4.61. The van der Waals surface area contributed by atoms with Crippen LogP contribution in [0.2, 0.25) is 0 Å². The van der Waals surface area contributed by atoms with Gasteiger partial charge >= 0.3 is 11.8 Å². The van der Waals surface area contributed by atoms with E-state index in [4.69, 9.17) is 4.42 Å². The molecule has 0 saturated carbocycles. The maximum atomic E-state index is 13.1. The van der Waals surface area contributed by atoms with Crippen LogP contribution in [0, 0.1) is 0 Å². The summed E-state index contributed by atoms with van der Waals surface area (Å²) in [5.74, 6) is 0. The van der Waals surface area contributed by atoms with Crippen LogP contribution in [0.15, 0.2) is 62.2 Å².